The van der Waals surface area contributed by atoms with Crippen molar-refractivity contribution in [2.75, 3.05) is 5.32 Å². The van der Waals surface area contributed by atoms with Gasteiger partial charge in [-0.15, -0.1) is 0 Å². The molecule has 5 nitrogen and oxygen atoms in total. The highest BCUT2D eigenvalue weighted by Gasteiger charge is 2.06. The Hall–Kier alpha value is -3.21. The van der Waals surface area contributed by atoms with Crippen molar-refractivity contribution in [2.45, 2.75) is 6.92 Å². The zero-order valence-electron chi connectivity index (χ0n) is 12.5. The molecule has 0 amide bonds. The fraction of sp³-hybridized carbons (Fsp3) is 0.0556. The lowest BCUT2D eigenvalue weighted by Crippen LogP contribution is -2.00. The third-order valence-corrected chi connectivity index (χ3v) is 3.31. The highest BCUT2D eigenvalue weighted by molar-refractivity contribution is 5.88. The van der Waals surface area contributed by atoms with Crippen molar-refractivity contribution in [1.29, 1.82) is 0 Å². The average molecular weight is 305 g/mol. The third kappa shape index (κ3) is 3.52. The van der Waals surface area contributed by atoms with Crippen LogP contribution in [-0.2, 0) is 0 Å². The number of nitrogens with zero attached hydrogens (tertiary/aromatic N) is 2. The lowest BCUT2D eigenvalue weighted by molar-refractivity contribution is 0.0697. The molecule has 2 N–H and O–H groups in total. The quantitative estimate of drug-likeness (QED) is 0.764. The summed E-state index contributed by atoms with van der Waals surface area (Å²) >= 11 is 0. The Morgan fingerprint density at radius 1 is 1.00 bits per heavy atom. The van der Waals surface area contributed by atoms with Crippen LogP contribution in [0.4, 0.5) is 11.5 Å². The first-order valence-electron chi connectivity index (χ1n) is 7.13. The van der Waals surface area contributed by atoms with E-state index in [0.29, 0.717) is 11.6 Å². The van der Waals surface area contributed by atoms with E-state index in [1.165, 1.54) is 0 Å². The fourth-order valence-corrected chi connectivity index (χ4v) is 2.23. The molecular formula is C18H15N3O2. The van der Waals surface area contributed by atoms with Gasteiger partial charge in [-0.05, 0) is 31.2 Å². The molecule has 0 spiro atoms. The van der Waals surface area contributed by atoms with Crippen LogP contribution in [-0.4, -0.2) is 21.0 Å². The number of aryl methyl sites for hydroxylation is 1. The molecule has 0 saturated carbocycles. The summed E-state index contributed by atoms with van der Waals surface area (Å²) in [6.07, 6.45) is 0. The van der Waals surface area contributed by atoms with Crippen LogP contribution in [0.1, 0.15) is 16.2 Å². The average Bonchev–Trinajstić information content (AvgIpc) is 2.55. The Balaban J connectivity index is 1.88. The van der Waals surface area contributed by atoms with E-state index in [2.05, 4.69) is 15.3 Å². The molecule has 114 valence electrons. The van der Waals surface area contributed by atoms with Gasteiger partial charge in [0, 0.05) is 17.3 Å². The number of nitrogens with one attached hydrogen (secondary N) is 1. The second-order valence-electron chi connectivity index (χ2n) is 5.06. The molecule has 1 aromatic heterocycles. The minimum Gasteiger partial charge on any atom is -0.478 e. The molecule has 23 heavy (non-hydrogen) atoms. The highest BCUT2D eigenvalue weighted by atomic mass is 16.4. The molecule has 0 aliphatic rings. The third-order valence-electron chi connectivity index (χ3n) is 3.31. The summed E-state index contributed by atoms with van der Waals surface area (Å²) in [6.45, 7) is 1.84. The molecule has 3 rings (SSSR count). The van der Waals surface area contributed by atoms with Crippen LogP contribution >= 0.6 is 0 Å². The standard InChI is InChI=1S/C18H15N3O2/c1-12-19-16(13-5-3-2-4-6-13)11-17(20-12)21-15-9-7-14(8-10-15)18(22)23/h2-11H,1H3,(H,22,23)(H,19,20,21). The summed E-state index contributed by atoms with van der Waals surface area (Å²) in [5.41, 5.74) is 2.87. The topological polar surface area (TPSA) is 75.1 Å². The minimum atomic E-state index is -0.944. The van der Waals surface area contributed by atoms with Crippen molar-refractivity contribution < 1.29 is 9.90 Å². The van der Waals surface area contributed by atoms with Gasteiger partial charge in [0.1, 0.15) is 11.6 Å². The maximum Gasteiger partial charge on any atom is 0.335 e. The van der Waals surface area contributed by atoms with Crippen LogP contribution in [0, 0.1) is 6.92 Å². The molecule has 0 atom stereocenters. The maximum absolute atomic E-state index is 10.9. The van der Waals surface area contributed by atoms with Crippen LogP contribution in [0.15, 0.2) is 60.7 Å². The van der Waals surface area contributed by atoms with Crippen molar-refractivity contribution in [3.63, 3.8) is 0 Å². The smallest absolute Gasteiger partial charge is 0.335 e. The molecule has 5 heteroatoms. The number of rotatable bonds is 4. The number of aromatic nitrogens is 2. The van der Waals surface area contributed by atoms with E-state index in [4.69, 9.17) is 5.11 Å². The number of benzene rings is 2. The van der Waals surface area contributed by atoms with Gasteiger partial charge in [0.2, 0.25) is 0 Å². The Bertz CT molecular complexity index is 831. The van der Waals surface area contributed by atoms with Gasteiger partial charge in [-0.3, -0.25) is 0 Å². The summed E-state index contributed by atoms with van der Waals surface area (Å²) in [5.74, 6) is 0.385. The molecule has 0 bridgehead atoms. The zero-order valence-corrected chi connectivity index (χ0v) is 12.5. The van der Waals surface area contributed by atoms with Gasteiger partial charge in [-0.1, -0.05) is 30.3 Å². The molecule has 0 aliphatic heterocycles. The molecular weight excluding hydrogens is 290 g/mol. The predicted octanol–water partition coefficient (Wildman–Crippen LogP) is 3.89. The Morgan fingerprint density at radius 2 is 1.70 bits per heavy atom. The molecule has 3 aromatic rings. The van der Waals surface area contributed by atoms with Crippen molar-refractivity contribution in [3.8, 4) is 11.3 Å². The van der Waals surface area contributed by atoms with E-state index in [0.717, 1.165) is 16.9 Å². The lowest BCUT2D eigenvalue weighted by atomic mass is 10.1. The van der Waals surface area contributed by atoms with Gasteiger partial charge in [0.25, 0.3) is 0 Å². The first-order chi connectivity index (χ1) is 11.1. The molecule has 0 unspecified atom stereocenters. The van der Waals surface area contributed by atoms with Crippen LogP contribution in [0.2, 0.25) is 0 Å². The summed E-state index contributed by atoms with van der Waals surface area (Å²) < 4.78 is 0. The second kappa shape index (κ2) is 6.27. The molecule has 0 aliphatic carbocycles. The number of carboxylic acids is 1. The van der Waals surface area contributed by atoms with Gasteiger partial charge in [0.15, 0.2) is 0 Å². The molecule has 1 heterocycles. The lowest BCUT2D eigenvalue weighted by Gasteiger charge is -2.09. The van der Waals surface area contributed by atoms with Crippen LogP contribution < -0.4 is 5.32 Å². The first-order valence-corrected chi connectivity index (χ1v) is 7.13. The van der Waals surface area contributed by atoms with Crippen molar-refractivity contribution in [3.05, 3.63) is 72.1 Å². The van der Waals surface area contributed by atoms with E-state index in [9.17, 15) is 4.79 Å². The summed E-state index contributed by atoms with van der Waals surface area (Å²) in [7, 11) is 0. The summed E-state index contributed by atoms with van der Waals surface area (Å²) in [6, 6.07) is 18.3. The zero-order chi connectivity index (χ0) is 16.2. The van der Waals surface area contributed by atoms with Gasteiger partial charge in [0.05, 0.1) is 11.3 Å². The molecule has 0 fully saturated rings. The highest BCUT2D eigenvalue weighted by Crippen LogP contribution is 2.22. The predicted molar refractivity (Wildman–Crippen MR) is 88.9 cm³/mol. The summed E-state index contributed by atoms with van der Waals surface area (Å²) in [5, 5.41) is 12.1. The molecule has 2 aromatic carbocycles. The van der Waals surface area contributed by atoms with Crippen LogP contribution in [0.3, 0.4) is 0 Å². The van der Waals surface area contributed by atoms with E-state index in [-0.39, 0.29) is 5.56 Å². The van der Waals surface area contributed by atoms with E-state index in [1.807, 2.05) is 43.3 Å². The number of hydrogen-bond donors (Lipinski definition) is 2. The Morgan fingerprint density at radius 3 is 2.35 bits per heavy atom. The monoisotopic (exact) mass is 305 g/mol. The summed E-state index contributed by atoms with van der Waals surface area (Å²) in [4.78, 5) is 19.7. The number of hydrogen-bond acceptors (Lipinski definition) is 4. The van der Waals surface area contributed by atoms with E-state index >= 15 is 0 Å². The molecule has 0 radical (unpaired) electrons. The molecule has 0 saturated heterocycles. The van der Waals surface area contributed by atoms with E-state index < -0.39 is 5.97 Å². The van der Waals surface area contributed by atoms with Gasteiger partial charge in [-0.2, -0.15) is 0 Å². The Labute approximate surface area is 133 Å². The number of carboxylic acid groups (broad SMARTS) is 1. The van der Waals surface area contributed by atoms with Crippen LogP contribution in [0.25, 0.3) is 11.3 Å². The van der Waals surface area contributed by atoms with Crippen molar-refractivity contribution >= 4 is 17.5 Å². The SMILES string of the molecule is Cc1nc(Nc2ccc(C(=O)O)cc2)cc(-c2ccccc2)n1. The number of aromatic carboxylic acids is 1. The number of carbonyl (C=O) groups is 1. The van der Waals surface area contributed by atoms with Crippen molar-refractivity contribution in [2.24, 2.45) is 0 Å². The van der Waals surface area contributed by atoms with Gasteiger partial charge in [-0.25, -0.2) is 14.8 Å². The second-order valence-corrected chi connectivity index (χ2v) is 5.06. The minimum absolute atomic E-state index is 0.249. The van der Waals surface area contributed by atoms with Gasteiger partial charge < -0.3 is 10.4 Å². The maximum atomic E-state index is 10.9. The largest absolute Gasteiger partial charge is 0.478 e. The van der Waals surface area contributed by atoms with E-state index in [1.54, 1.807) is 24.3 Å². The van der Waals surface area contributed by atoms with Gasteiger partial charge >= 0.3 is 5.97 Å². The normalized spacial score (nSPS) is 10.3. The first kappa shape index (κ1) is 14.7. The fourth-order valence-electron chi connectivity index (χ4n) is 2.23. The number of anilines is 2. The van der Waals surface area contributed by atoms with Crippen molar-refractivity contribution in [1.82, 2.24) is 9.97 Å². The van der Waals surface area contributed by atoms with Crippen LogP contribution in [0.5, 0.6) is 0 Å². The Kier molecular flexibility index (Phi) is 4.01.